The fourth-order valence-electron chi connectivity index (χ4n) is 4.73. The molecule has 0 saturated heterocycles. The number of hydrogen-bond acceptors (Lipinski definition) is 6. The lowest BCUT2D eigenvalue weighted by Gasteiger charge is -2.11. The number of para-hydroxylation sites is 1. The lowest BCUT2D eigenvalue weighted by atomic mass is 9.94. The summed E-state index contributed by atoms with van der Waals surface area (Å²) in [4.78, 5) is 16.2. The molecule has 2 aromatic carbocycles. The SMILES string of the molecule is NNC(=O)C=Cc1c(-c2ccc(Oc3ccccc3)cc2)c2c(N)ncnn2c1C1CCCC1. The first kappa shape index (κ1) is 21.7. The van der Waals surface area contributed by atoms with E-state index in [-0.39, 0.29) is 5.91 Å². The van der Waals surface area contributed by atoms with Crippen LogP contribution in [0.5, 0.6) is 11.5 Å². The highest BCUT2D eigenvalue weighted by Gasteiger charge is 2.28. The van der Waals surface area contributed by atoms with Crippen LogP contribution in [-0.4, -0.2) is 20.5 Å². The van der Waals surface area contributed by atoms with Crippen molar-refractivity contribution in [1.82, 2.24) is 20.0 Å². The zero-order valence-electron chi connectivity index (χ0n) is 18.6. The Bertz CT molecular complexity index is 1340. The van der Waals surface area contributed by atoms with Gasteiger partial charge in [0.1, 0.15) is 23.3 Å². The Morgan fingerprint density at radius 1 is 1.06 bits per heavy atom. The molecule has 0 radical (unpaired) electrons. The molecule has 8 heteroatoms. The van der Waals surface area contributed by atoms with Gasteiger partial charge in [-0.25, -0.2) is 15.3 Å². The molecule has 1 aliphatic rings. The number of fused-ring (bicyclic) bond motifs is 1. The molecule has 0 unspecified atom stereocenters. The van der Waals surface area contributed by atoms with E-state index in [2.05, 4.69) is 15.5 Å². The Balaban J connectivity index is 1.66. The van der Waals surface area contributed by atoms with Crippen molar-refractivity contribution >= 4 is 23.3 Å². The highest BCUT2D eigenvalue weighted by atomic mass is 16.5. The lowest BCUT2D eigenvalue weighted by Crippen LogP contribution is -2.27. The second kappa shape index (κ2) is 9.36. The maximum absolute atomic E-state index is 12.0. The molecule has 5 N–H and O–H groups in total. The topological polar surface area (TPSA) is 121 Å². The van der Waals surface area contributed by atoms with Gasteiger partial charge in [-0.2, -0.15) is 5.10 Å². The van der Waals surface area contributed by atoms with E-state index >= 15 is 0 Å². The Morgan fingerprint density at radius 2 is 1.76 bits per heavy atom. The van der Waals surface area contributed by atoms with Crippen LogP contribution in [0.2, 0.25) is 0 Å². The third-order valence-electron chi connectivity index (χ3n) is 6.24. The van der Waals surface area contributed by atoms with Crippen LogP contribution < -0.4 is 21.7 Å². The van der Waals surface area contributed by atoms with Crippen LogP contribution in [0.25, 0.3) is 22.7 Å². The number of hydrazine groups is 1. The summed E-state index contributed by atoms with van der Waals surface area (Å²) in [6, 6.07) is 17.4. The molecule has 0 spiro atoms. The molecule has 0 atom stereocenters. The van der Waals surface area contributed by atoms with Crippen LogP contribution in [0.3, 0.4) is 0 Å². The van der Waals surface area contributed by atoms with Gasteiger partial charge >= 0.3 is 0 Å². The number of benzene rings is 2. The largest absolute Gasteiger partial charge is 0.457 e. The van der Waals surface area contributed by atoms with Crippen molar-refractivity contribution in [3.63, 3.8) is 0 Å². The van der Waals surface area contributed by atoms with E-state index in [1.165, 1.54) is 12.4 Å². The Hall–Kier alpha value is -4.17. The van der Waals surface area contributed by atoms with E-state index in [9.17, 15) is 4.79 Å². The number of nitrogens with zero attached hydrogens (tertiary/aromatic N) is 3. The minimum Gasteiger partial charge on any atom is -0.457 e. The van der Waals surface area contributed by atoms with Crippen molar-refractivity contribution in [2.75, 3.05) is 5.73 Å². The summed E-state index contributed by atoms with van der Waals surface area (Å²) in [6.45, 7) is 0. The van der Waals surface area contributed by atoms with E-state index in [0.29, 0.717) is 11.7 Å². The highest BCUT2D eigenvalue weighted by molar-refractivity contribution is 5.98. The zero-order valence-corrected chi connectivity index (χ0v) is 18.6. The van der Waals surface area contributed by atoms with E-state index < -0.39 is 0 Å². The molecule has 8 nitrogen and oxygen atoms in total. The third kappa shape index (κ3) is 4.11. The quantitative estimate of drug-likeness (QED) is 0.172. The van der Waals surface area contributed by atoms with Gasteiger partial charge in [-0.1, -0.05) is 43.2 Å². The second-order valence-corrected chi connectivity index (χ2v) is 8.34. The monoisotopic (exact) mass is 454 g/mol. The van der Waals surface area contributed by atoms with Gasteiger partial charge in [0.15, 0.2) is 5.82 Å². The summed E-state index contributed by atoms with van der Waals surface area (Å²) >= 11 is 0. The van der Waals surface area contributed by atoms with Gasteiger partial charge in [0.25, 0.3) is 5.91 Å². The van der Waals surface area contributed by atoms with E-state index in [1.54, 1.807) is 6.08 Å². The highest BCUT2D eigenvalue weighted by Crippen LogP contribution is 2.44. The molecule has 2 aromatic heterocycles. The smallest absolute Gasteiger partial charge is 0.257 e. The van der Waals surface area contributed by atoms with Crippen molar-refractivity contribution in [3.05, 3.63) is 78.3 Å². The summed E-state index contributed by atoms with van der Waals surface area (Å²) in [5.74, 6) is 7.12. The maximum Gasteiger partial charge on any atom is 0.257 e. The Labute approximate surface area is 197 Å². The van der Waals surface area contributed by atoms with E-state index in [4.69, 9.17) is 16.3 Å². The number of amides is 1. The third-order valence-corrected chi connectivity index (χ3v) is 6.24. The predicted octanol–water partition coefficient (Wildman–Crippen LogP) is 4.43. The number of nitrogens with one attached hydrogen (secondary N) is 1. The van der Waals surface area contributed by atoms with E-state index in [0.717, 1.165) is 65.1 Å². The summed E-state index contributed by atoms with van der Waals surface area (Å²) in [5.41, 5.74) is 13.0. The first-order valence-electron chi connectivity index (χ1n) is 11.3. The molecule has 1 fully saturated rings. The molecule has 0 bridgehead atoms. The summed E-state index contributed by atoms with van der Waals surface area (Å²) in [6.07, 6.45) is 9.15. The minimum absolute atomic E-state index is 0.317. The Kier molecular flexibility index (Phi) is 5.97. The molecule has 1 aliphatic carbocycles. The van der Waals surface area contributed by atoms with Crippen molar-refractivity contribution in [2.45, 2.75) is 31.6 Å². The van der Waals surface area contributed by atoms with Crippen molar-refractivity contribution in [3.8, 4) is 22.6 Å². The molecular weight excluding hydrogens is 428 g/mol. The summed E-state index contributed by atoms with van der Waals surface area (Å²) < 4.78 is 7.85. The van der Waals surface area contributed by atoms with Gasteiger partial charge in [0, 0.05) is 23.1 Å². The summed E-state index contributed by atoms with van der Waals surface area (Å²) in [7, 11) is 0. The standard InChI is InChI=1S/C26H26N6O2/c27-26-25-23(17-10-12-20(13-11-17)34-19-8-2-1-3-9-19)21(14-15-22(33)31-28)24(18-6-4-5-7-18)32(25)30-16-29-26/h1-3,8-16,18H,4-7,28H2,(H,31,33)(H2,27,29,30). The molecule has 2 heterocycles. The molecule has 5 rings (SSSR count). The number of nitrogens with two attached hydrogens (primary N) is 2. The second-order valence-electron chi connectivity index (χ2n) is 8.34. The van der Waals surface area contributed by atoms with Crippen LogP contribution in [0.15, 0.2) is 67.0 Å². The van der Waals surface area contributed by atoms with Crippen LogP contribution in [-0.2, 0) is 4.79 Å². The van der Waals surface area contributed by atoms with Gasteiger partial charge in [-0.15, -0.1) is 0 Å². The van der Waals surface area contributed by atoms with Gasteiger partial charge < -0.3 is 10.5 Å². The predicted molar refractivity (Wildman–Crippen MR) is 132 cm³/mol. The number of carbonyl (C=O) groups excluding carboxylic acids is 1. The molecule has 4 aromatic rings. The first-order valence-corrected chi connectivity index (χ1v) is 11.3. The van der Waals surface area contributed by atoms with Crippen LogP contribution in [0.1, 0.15) is 42.9 Å². The average molecular weight is 455 g/mol. The van der Waals surface area contributed by atoms with Crippen molar-refractivity contribution in [2.24, 2.45) is 5.84 Å². The lowest BCUT2D eigenvalue weighted by molar-refractivity contribution is -0.116. The maximum atomic E-state index is 12.0. The minimum atomic E-state index is -0.385. The van der Waals surface area contributed by atoms with Crippen molar-refractivity contribution < 1.29 is 9.53 Å². The van der Waals surface area contributed by atoms with Crippen LogP contribution >= 0.6 is 0 Å². The Morgan fingerprint density at radius 3 is 2.47 bits per heavy atom. The number of anilines is 1. The molecular formula is C26H26N6O2. The van der Waals surface area contributed by atoms with Gasteiger partial charge in [0.2, 0.25) is 0 Å². The van der Waals surface area contributed by atoms with Gasteiger partial charge in [0.05, 0.1) is 5.69 Å². The number of nitrogen functional groups attached to an aromatic ring is 1. The van der Waals surface area contributed by atoms with E-state index in [1.807, 2.05) is 59.1 Å². The molecule has 1 amide bonds. The van der Waals surface area contributed by atoms with Crippen LogP contribution in [0, 0.1) is 0 Å². The number of ether oxygens (including phenoxy) is 1. The fraction of sp³-hybridized carbons (Fsp3) is 0.192. The van der Waals surface area contributed by atoms with Gasteiger partial charge in [-0.3, -0.25) is 10.2 Å². The van der Waals surface area contributed by atoms with Gasteiger partial charge in [-0.05, 0) is 48.7 Å². The number of carbonyl (C=O) groups is 1. The molecule has 1 saturated carbocycles. The first-order chi connectivity index (χ1) is 16.7. The molecule has 34 heavy (non-hydrogen) atoms. The van der Waals surface area contributed by atoms with Crippen LogP contribution in [0.4, 0.5) is 5.82 Å². The van der Waals surface area contributed by atoms with Crippen molar-refractivity contribution in [1.29, 1.82) is 0 Å². The zero-order chi connectivity index (χ0) is 23.5. The molecule has 172 valence electrons. The number of hydrogen-bond donors (Lipinski definition) is 3. The number of rotatable bonds is 6. The fourth-order valence-corrected chi connectivity index (χ4v) is 4.73. The normalized spacial score (nSPS) is 14.1. The summed E-state index contributed by atoms with van der Waals surface area (Å²) in [5, 5.41) is 4.56. The molecule has 0 aliphatic heterocycles. The number of aromatic nitrogens is 3. The average Bonchev–Trinajstić information content (AvgIpc) is 3.50.